The number of methoxy groups -OCH3 is 3. The molecule has 6 aliphatic rings. The van der Waals surface area contributed by atoms with E-state index in [1.165, 1.54) is 31.7 Å². The maximum absolute atomic E-state index is 14.2. The Bertz CT molecular complexity index is 1710. The predicted molar refractivity (Wildman–Crippen MR) is 187 cm³/mol. The van der Waals surface area contributed by atoms with E-state index in [0.29, 0.717) is 41.6 Å². The van der Waals surface area contributed by atoms with Crippen LogP contribution >= 0.6 is 0 Å². The Labute approximate surface area is 303 Å². The van der Waals surface area contributed by atoms with Crippen molar-refractivity contribution in [1.29, 1.82) is 0 Å². The normalized spacial score (nSPS) is 21.2. The number of benzene rings is 3. The third-order valence-electron chi connectivity index (χ3n) is 11.7. The standard InChI is InChI=1S/C14H15FO3.C14H17FO2.C13H16FNO2/c1-17-9-7-10-12(11(15)8-9)14(18-13(10)16)5-3-2-4-6-14;1-16-11-7-10-9-17-14(5-3-2-4-6-14)13(10)12(15)8-11;1-16-10-6-9-8-17-13(2-4-15-5-3-13)12(9)11(14)7-10/h7-8H,2-6H2,1H3;7-8H,2-6,9H2,1H3;6-7,15H,2-5,8H2,1H3. The highest BCUT2D eigenvalue weighted by atomic mass is 19.1. The summed E-state index contributed by atoms with van der Waals surface area (Å²) < 4.78 is 75.1. The van der Waals surface area contributed by atoms with E-state index in [-0.39, 0.29) is 17.2 Å². The van der Waals surface area contributed by atoms with Crippen molar-refractivity contribution in [3.8, 4) is 17.2 Å². The van der Waals surface area contributed by atoms with Crippen molar-refractivity contribution in [3.63, 3.8) is 0 Å². The van der Waals surface area contributed by atoms with E-state index in [1.54, 1.807) is 20.3 Å². The Morgan fingerprint density at radius 3 is 1.46 bits per heavy atom. The van der Waals surface area contributed by atoms with Crippen LogP contribution < -0.4 is 19.5 Å². The Kier molecular flexibility index (Phi) is 10.5. The SMILES string of the molecule is COc1cc(F)c2c(c1)C(=O)OC21CCCCC1.COc1cc(F)c2c(c1)COC21CCCCC1.COc1cc(F)c2c(c1)COC21CCNCC1. The summed E-state index contributed by atoms with van der Waals surface area (Å²) >= 11 is 0. The number of halogens is 3. The summed E-state index contributed by atoms with van der Waals surface area (Å²) in [6.45, 7) is 2.77. The average Bonchev–Trinajstić information content (AvgIpc) is 3.79. The first-order valence-electron chi connectivity index (χ1n) is 18.5. The third-order valence-corrected chi connectivity index (χ3v) is 11.7. The minimum absolute atomic E-state index is 0.168. The summed E-state index contributed by atoms with van der Waals surface area (Å²) in [4.78, 5) is 11.9. The lowest BCUT2D eigenvalue weighted by Gasteiger charge is -2.34. The molecule has 9 rings (SSSR count). The van der Waals surface area contributed by atoms with Crippen molar-refractivity contribution in [1.82, 2.24) is 5.32 Å². The lowest BCUT2D eigenvalue weighted by molar-refractivity contribution is -0.0653. The molecule has 11 heteroatoms. The van der Waals surface area contributed by atoms with E-state index in [9.17, 15) is 18.0 Å². The van der Waals surface area contributed by atoms with Crippen molar-refractivity contribution in [2.45, 2.75) is 107 Å². The molecule has 0 bridgehead atoms. The number of fused-ring (bicyclic) bond motifs is 6. The summed E-state index contributed by atoms with van der Waals surface area (Å²) in [7, 11) is 4.57. The first-order valence-corrected chi connectivity index (χ1v) is 18.5. The zero-order valence-electron chi connectivity index (χ0n) is 30.3. The van der Waals surface area contributed by atoms with Crippen molar-refractivity contribution >= 4 is 5.97 Å². The molecular formula is C41H48F3NO7. The molecule has 0 atom stereocenters. The fourth-order valence-electron chi connectivity index (χ4n) is 9.16. The molecule has 3 spiro atoms. The van der Waals surface area contributed by atoms with Gasteiger partial charge in [0.15, 0.2) is 0 Å². The third kappa shape index (κ3) is 6.64. The zero-order chi connectivity index (χ0) is 36.5. The minimum Gasteiger partial charge on any atom is -0.497 e. The largest absolute Gasteiger partial charge is 0.497 e. The molecule has 3 fully saturated rings. The molecule has 3 aromatic carbocycles. The maximum atomic E-state index is 14.2. The van der Waals surface area contributed by atoms with Crippen LogP contribution in [0.4, 0.5) is 13.2 Å². The molecule has 8 nitrogen and oxygen atoms in total. The van der Waals surface area contributed by atoms with Gasteiger partial charge in [-0.25, -0.2) is 18.0 Å². The molecule has 4 aliphatic heterocycles. The zero-order valence-corrected chi connectivity index (χ0v) is 30.3. The van der Waals surface area contributed by atoms with Gasteiger partial charge in [-0.1, -0.05) is 25.7 Å². The topological polar surface area (TPSA) is 84.5 Å². The first kappa shape index (κ1) is 36.6. The van der Waals surface area contributed by atoms with Gasteiger partial charge in [0.2, 0.25) is 0 Å². The van der Waals surface area contributed by atoms with Gasteiger partial charge in [-0.3, -0.25) is 0 Å². The number of carbonyl (C=O) groups excluding carboxylic acids is 1. The van der Waals surface area contributed by atoms with E-state index in [0.717, 1.165) is 106 Å². The molecule has 0 radical (unpaired) electrons. The quantitative estimate of drug-likeness (QED) is 0.269. The van der Waals surface area contributed by atoms with Crippen LogP contribution in [0, 0.1) is 17.5 Å². The molecule has 4 heterocycles. The van der Waals surface area contributed by atoms with Gasteiger partial charge in [0.1, 0.15) is 40.3 Å². The second kappa shape index (κ2) is 14.9. The summed E-state index contributed by atoms with van der Waals surface area (Å²) in [6, 6.07) is 9.62. The summed E-state index contributed by atoms with van der Waals surface area (Å²) in [5.74, 6) is 0.323. The highest BCUT2D eigenvalue weighted by molar-refractivity contribution is 5.95. The Morgan fingerprint density at radius 1 is 0.558 bits per heavy atom. The number of rotatable bonds is 3. The van der Waals surface area contributed by atoms with Crippen molar-refractivity contribution in [2.24, 2.45) is 0 Å². The first-order chi connectivity index (χ1) is 25.2. The second-order valence-corrected chi connectivity index (χ2v) is 14.6. The number of piperidine rings is 1. The van der Waals surface area contributed by atoms with Gasteiger partial charge in [0.25, 0.3) is 0 Å². The van der Waals surface area contributed by atoms with E-state index < -0.39 is 23.0 Å². The molecule has 2 saturated carbocycles. The molecule has 280 valence electrons. The smallest absolute Gasteiger partial charge is 0.339 e. The average molecular weight is 724 g/mol. The van der Waals surface area contributed by atoms with Gasteiger partial charge in [0.05, 0.1) is 51.3 Å². The van der Waals surface area contributed by atoms with Crippen molar-refractivity contribution < 1.29 is 46.4 Å². The van der Waals surface area contributed by atoms with Crippen LogP contribution in [0.15, 0.2) is 36.4 Å². The van der Waals surface area contributed by atoms with Crippen LogP contribution in [0.2, 0.25) is 0 Å². The van der Waals surface area contributed by atoms with Crippen molar-refractivity contribution in [2.75, 3.05) is 34.4 Å². The van der Waals surface area contributed by atoms with E-state index in [4.69, 9.17) is 28.4 Å². The molecule has 52 heavy (non-hydrogen) atoms. The molecule has 1 N–H and O–H groups in total. The number of esters is 1. The maximum Gasteiger partial charge on any atom is 0.339 e. The molecule has 0 aromatic heterocycles. The molecule has 2 aliphatic carbocycles. The number of hydrogen-bond donors (Lipinski definition) is 1. The van der Waals surface area contributed by atoms with Crippen LogP contribution in [-0.2, 0) is 44.2 Å². The summed E-state index contributed by atoms with van der Waals surface area (Å²) in [5.41, 5.74) is 2.73. The molecule has 3 aromatic rings. The van der Waals surface area contributed by atoms with Gasteiger partial charge >= 0.3 is 5.97 Å². The Morgan fingerprint density at radius 2 is 0.981 bits per heavy atom. The van der Waals surface area contributed by atoms with E-state index in [1.807, 2.05) is 12.1 Å². The predicted octanol–water partition coefficient (Wildman–Crippen LogP) is 8.63. The minimum atomic E-state index is -0.721. The fourth-order valence-corrected chi connectivity index (χ4v) is 9.16. The van der Waals surface area contributed by atoms with Gasteiger partial charge in [-0.2, -0.15) is 0 Å². The Hall–Kier alpha value is -3.80. The highest BCUT2D eigenvalue weighted by Crippen LogP contribution is 2.50. The lowest BCUT2D eigenvalue weighted by atomic mass is 9.79. The Balaban J connectivity index is 0.000000121. The number of carbonyl (C=O) groups is 1. The molecular weight excluding hydrogens is 675 g/mol. The second-order valence-electron chi connectivity index (χ2n) is 14.6. The molecule has 0 unspecified atom stereocenters. The monoisotopic (exact) mass is 723 g/mol. The van der Waals surface area contributed by atoms with Crippen LogP contribution in [0.5, 0.6) is 17.2 Å². The van der Waals surface area contributed by atoms with E-state index in [2.05, 4.69) is 5.32 Å². The van der Waals surface area contributed by atoms with Crippen LogP contribution in [0.25, 0.3) is 0 Å². The molecule has 0 amide bonds. The van der Waals surface area contributed by atoms with Crippen LogP contribution in [-0.4, -0.2) is 40.4 Å². The number of hydrogen-bond acceptors (Lipinski definition) is 8. The van der Waals surface area contributed by atoms with Crippen molar-refractivity contribution in [3.05, 3.63) is 87.2 Å². The summed E-state index contributed by atoms with van der Waals surface area (Å²) in [5, 5.41) is 3.28. The van der Waals surface area contributed by atoms with Gasteiger partial charge in [0, 0.05) is 34.9 Å². The van der Waals surface area contributed by atoms with Crippen LogP contribution in [0.3, 0.4) is 0 Å². The van der Waals surface area contributed by atoms with Gasteiger partial charge in [-0.05, 0) is 93.8 Å². The molecule has 1 saturated heterocycles. The van der Waals surface area contributed by atoms with E-state index >= 15 is 0 Å². The van der Waals surface area contributed by atoms with Gasteiger partial charge in [-0.15, -0.1) is 0 Å². The van der Waals surface area contributed by atoms with Gasteiger partial charge < -0.3 is 33.7 Å². The van der Waals surface area contributed by atoms with Crippen LogP contribution in [0.1, 0.15) is 115 Å². The fraction of sp³-hybridized carbons (Fsp3) is 0.537. The number of nitrogens with one attached hydrogen (secondary N) is 1. The summed E-state index contributed by atoms with van der Waals surface area (Å²) in [6.07, 6.45) is 11.6. The number of ether oxygens (including phenoxy) is 6. The highest BCUT2D eigenvalue weighted by Gasteiger charge is 2.49. The lowest BCUT2D eigenvalue weighted by Crippen LogP contribution is -2.40.